The standard InChI is InChI=1S/C7H8N2O4S/c1-13-7(11)3-4(14-2)5(9-12)8-6(3)10/h8,10H,1-2H3. The molecule has 0 atom stereocenters. The van der Waals surface area contributed by atoms with Crippen LogP contribution in [-0.2, 0) is 4.74 Å². The first-order chi connectivity index (χ1) is 6.65. The van der Waals surface area contributed by atoms with Gasteiger partial charge in [0.05, 0.1) is 12.0 Å². The van der Waals surface area contributed by atoms with Gasteiger partial charge in [-0.3, -0.25) is 0 Å². The minimum Gasteiger partial charge on any atom is -0.494 e. The maximum atomic E-state index is 11.2. The summed E-state index contributed by atoms with van der Waals surface area (Å²) in [7, 11) is 1.19. The second-order valence-electron chi connectivity index (χ2n) is 2.31. The van der Waals surface area contributed by atoms with Gasteiger partial charge in [0, 0.05) is 0 Å². The molecule has 0 aliphatic carbocycles. The number of aromatic amines is 1. The smallest absolute Gasteiger partial charge is 0.344 e. The van der Waals surface area contributed by atoms with Crippen LogP contribution in [0.15, 0.2) is 10.1 Å². The molecule has 0 aliphatic heterocycles. The number of carbonyl (C=O) groups is 1. The number of ether oxygens (including phenoxy) is 1. The quantitative estimate of drug-likeness (QED) is 0.455. The van der Waals surface area contributed by atoms with Gasteiger partial charge in [0.15, 0.2) is 5.82 Å². The number of thioether (sulfide) groups is 1. The number of aromatic nitrogens is 1. The molecule has 1 heterocycles. The fourth-order valence-corrected chi connectivity index (χ4v) is 1.68. The topological polar surface area (TPSA) is 91.8 Å². The molecule has 1 aromatic rings. The molecule has 76 valence electrons. The van der Waals surface area contributed by atoms with Gasteiger partial charge in [-0.15, -0.1) is 16.7 Å². The van der Waals surface area contributed by atoms with Crippen LogP contribution in [0.25, 0.3) is 0 Å². The van der Waals surface area contributed by atoms with Crippen molar-refractivity contribution in [1.29, 1.82) is 0 Å². The molecule has 0 fully saturated rings. The van der Waals surface area contributed by atoms with E-state index in [-0.39, 0.29) is 16.3 Å². The summed E-state index contributed by atoms with van der Waals surface area (Å²) in [5.41, 5.74) is -0.0606. The molecule has 1 aromatic heterocycles. The monoisotopic (exact) mass is 216 g/mol. The van der Waals surface area contributed by atoms with E-state index in [1.165, 1.54) is 7.11 Å². The van der Waals surface area contributed by atoms with Gasteiger partial charge in [-0.05, 0) is 11.4 Å². The molecule has 0 unspecified atom stereocenters. The lowest BCUT2D eigenvalue weighted by Crippen LogP contribution is -2.01. The third-order valence-electron chi connectivity index (χ3n) is 1.60. The van der Waals surface area contributed by atoms with E-state index in [0.717, 1.165) is 11.8 Å². The summed E-state index contributed by atoms with van der Waals surface area (Å²) in [6, 6.07) is 0. The molecule has 0 saturated carbocycles. The average molecular weight is 216 g/mol. The van der Waals surface area contributed by atoms with Crippen molar-refractivity contribution in [3.8, 4) is 5.88 Å². The minimum absolute atomic E-state index is 0.0606. The Morgan fingerprint density at radius 1 is 1.64 bits per heavy atom. The van der Waals surface area contributed by atoms with Crippen LogP contribution in [0.1, 0.15) is 10.4 Å². The van der Waals surface area contributed by atoms with E-state index in [0.29, 0.717) is 0 Å². The molecule has 0 aromatic carbocycles. The molecule has 14 heavy (non-hydrogen) atoms. The van der Waals surface area contributed by atoms with E-state index in [1.54, 1.807) is 6.26 Å². The molecule has 7 heteroatoms. The highest BCUT2D eigenvalue weighted by Crippen LogP contribution is 2.37. The molecule has 0 spiro atoms. The number of nitroso groups, excluding NO2 is 1. The second-order valence-corrected chi connectivity index (χ2v) is 3.13. The summed E-state index contributed by atoms with van der Waals surface area (Å²) in [4.78, 5) is 24.1. The molecule has 1 rings (SSSR count). The SMILES string of the molecule is COC(=O)c1c(O)[nH]c(N=O)c1SC. The maximum absolute atomic E-state index is 11.2. The van der Waals surface area contributed by atoms with Crippen molar-refractivity contribution in [3.05, 3.63) is 10.5 Å². The first-order valence-corrected chi connectivity index (χ1v) is 4.78. The van der Waals surface area contributed by atoms with Crippen LogP contribution in [0.4, 0.5) is 5.82 Å². The molecular formula is C7H8N2O4S. The van der Waals surface area contributed by atoms with E-state index in [4.69, 9.17) is 0 Å². The fourth-order valence-electron chi connectivity index (χ4n) is 1.01. The molecule has 0 saturated heterocycles. The fraction of sp³-hybridized carbons (Fsp3) is 0.286. The van der Waals surface area contributed by atoms with Crippen molar-refractivity contribution in [2.45, 2.75) is 4.90 Å². The first-order valence-electron chi connectivity index (χ1n) is 3.56. The Bertz CT molecular complexity index is 374. The average Bonchev–Trinajstić information content (AvgIpc) is 2.53. The summed E-state index contributed by atoms with van der Waals surface area (Å²) in [5.74, 6) is -1.19. The van der Waals surface area contributed by atoms with Crippen molar-refractivity contribution < 1.29 is 14.6 Å². The minimum atomic E-state index is -0.710. The van der Waals surface area contributed by atoms with Crippen LogP contribution in [0.2, 0.25) is 0 Å². The first kappa shape index (κ1) is 10.6. The Balaban J connectivity index is 3.32. The number of methoxy groups -OCH3 is 1. The molecule has 0 aliphatic rings. The number of nitrogens with one attached hydrogen (secondary N) is 1. The molecular weight excluding hydrogens is 208 g/mol. The number of hydrogen-bond donors (Lipinski definition) is 2. The van der Waals surface area contributed by atoms with Crippen LogP contribution in [-0.4, -0.2) is 29.4 Å². The van der Waals surface area contributed by atoms with Crippen LogP contribution in [0.3, 0.4) is 0 Å². The lowest BCUT2D eigenvalue weighted by atomic mass is 10.3. The summed E-state index contributed by atoms with van der Waals surface area (Å²) in [5, 5.41) is 12.0. The zero-order valence-corrected chi connectivity index (χ0v) is 8.34. The molecule has 0 radical (unpaired) electrons. The Morgan fingerprint density at radius 2 is 2.29 bits per heavy atom. The summed E-state index contributed by atoms with van der Waals surface area (Å²) in [6.45, 7) is 0. The van der Waals surface area contributed by atoms with Crippen molar-refractivity contribution in [3.63, 3.8) is 0 Å². The van der Waals surface area contributed by atoms with Crippen LogP contribution in [0, 0.1) is 4.91 Å². The number of esters is 1. The molecule has 0 amide bonds. The Kier molecular flexibility index (Phi) is 3.13. The number of hydrogen-bond acceptors (Lipinski definition) is 6. The summed E-state index contributed by atoms with van der Waals surface area (Å²) in [6.07, 6.45) is 1.66. The van der Waals surface area contributed by atoms with Gasteiger partial charge in [0.2, 0.25) is 5.88 Å². The number of carbonyl (C=O) groups excluding carboxylic acids is 1. The van der Waals surface area contributed by atoms with Crippen LogP contribution < -0.4 is 0 Å². The predicted molar refractivity (Wildman–Crippen MR) is 51.0 cm³/mol. The summed E-state index contributed by atoms with van der Waals surface area (Å²) >= 11 is 1.13. The van der Waals surface area contributed by atoms with Crippen molar-refractivity contribution in [2.75, 3.05) is 13.4 Å². The van der Waals surface area contributed by atoms with E-state index in [2.05, 4.69) is 14.9 Å². The molecule has 0 bridgehead atoms. The van der Waals surface area contributed by atoms with E-state index in [1.807, 2.05) is 0 Å². The summed E-state index contributed by atoms with van der Waals surface area (Å²) < 4.78 is 4.44. The van der Waals surface area contributed by atoms with Gasteiger partial charge >= 0.3 is 5.97 Å². The van der Waals surface area contributed by atoms with Gasteiger partial charge in [0.25, 0.3) is 0 Å². The van der Waals surface area contributed by atoms with Gasteiger partial charge in [-0.25, -0.2) is 4.79 Å². The molecule has 6 nitrogen and oxygen atoms in total. The largest absolute Gasteiger partial charge is 0.494 e. The zero-order valence-electron chi connectivity index (χ0n) is 7.53. The highest BCUT2D eigenvalue weighted by atomic mass is 32.2. The lowest BCUT2D eigenvalue weighted by Gasteiger charge is -1.98. The Labute approximate surface area is 83.6 Å². The number of H-pyrrole nitrogens is 1. The normalized spacial score (nSPS) is 9.86. The van der Waals surface area contributed by atoms with Crippen LogP contribution in [0.5, 0.6) is 5.88 Å². The number of rotatable bonds is 3. The predicted octanol–water partition coefficient (Wildman–Crippen LogP) is 1.63. The highest BCUT2D eigenvalue weighted by Gasteiger charge is 2.23. The number of nitrogens with zero attached hydrogens (tertiary/aromatic N) is 1. The third-order valence-corrected chi connectivity index (χ3v) is 2.41. The second kappa shape index (κ2) is 4.14. The highest BCUT2D eigenvalue weighted by molar-refractivity contribution is 7.98. The van der Waals surface area contributed by atoms with Gasteiger partial charge in [0.1, 0.15) is 5.56 Å². The number of aromatic hydroxyl groups is 1. The third kappa shape index (κ3) is 1.58. The lowest BCUT2D eigenvalue weighted by molar-refractivity contribution is 0.0594. The maximum Gasteiger partial charge on any atom is 0.344 e. The molecule has 2 N–H and O–H groups in total. The van der Waals surface area contributed by atoms with Crippen molar-refractivity contribution in [2.24, 2.45) is 5.18 Å². The van der Waals surface area contributed by atoms with E-state index < -0.39 is 11.8 Å². The van der Waals surface area contributed by atoms with Gasteiger partial charge < -0.3 is 14.8 Å². The van der Waals surface area contributed by atoms with E-state index >= 15 is 0 Å². The van der Waals surface area contributed by atoms with Crippen molar-refractivity contribution >= 4 is 23.5 Å². The van der Waals surface area contributed by atoms with Gasteiger partial charge in [-0.1, -0.05) is 0 Å². The van der Waals surface area contributed by atoms with E-state index in [9.17, 15) is 14.8 Å². The Hall–Kier alpha value is -1.50. The Morgan fingerprint density at radius 3 is 2.71 bits per heavy atom. The van der Waals surface area contributed by atoms with Crippen molar-refractivity contribution in [1.82, 2.24) is 4.98 Å². The van der Waals surface area contributed by atoms with Gasteiger partial charge in [-0.2, -0.15) is 0 Å². The van der Waals surface area contributed by atoms with Crippen LogP contribution >= 0.6 is 11.8 Å². The zero-order chi connectivity index (χ0) is 10.7.